The molecule has 0 saturated carbocycles. The second-order valence-electron chi connectivity index (χ2n) is 3.98. The van der Waals surface area contributed by atoms with Crippen molar-refractivity contribution in [1.29, 1.82) is 0 Å². The fourth-order valence-electron chi connectivity index (χ4n) is 1.48. The van der Waals surface area contributed by atoms with Crippen LogP contribution in [0, 0.1) is 0 Å². The summed E-state index contributed by atoms with van der Waals surface area (Å²) in [5.74, 6) is 0.0239. The Kier molecular flexibility index (Phi) is 4.95. The Morgan fingerprint density at radius 3 is 2.61 bits per heavy atom. The Hall–Kier alpha value is -1.30. The molecular formula is C12H17F3N2O. The molecule has 1 aromatic heterocycles. The van der Waals surface area contributed by atoms with Crippen LogP contribution in [-0.4, -0.2) is 23.8 Å². The van der Waals surface area contributed by atoms with E-state index in [9.17, 15) is 13.2 Å². The summed E-state index contributed by atoms with van der Waals surface area (Å²) in [5, 5.41) is 3.11. The van der Waals surface area contributed by atoms with Gasteiger partial charge in [-0.15, -0.1) is 0 Å². The van der Waals surface area contributed by atoms with E-state index in [4.69, 9.17) is 4.74 Å². The third-order valence-corrected chi connectivity index (χ3v) is 2.53. The standard InChI is InChI=1S/C12H17F3N2O/c1-4-16-8(2)10-6-5-7-17-11(10)18-9(3)12(13,14)15/h5-9,16H,4H2,1-3H3. The molecule has 1 heterocycles. The van der Waals surface area contributed by atoms with Crippen molar-refractivity contribution in [3.05, 3.63) is 23.9 Å². The van der Waals surface area contributed by atoms with Crippen molar-refractivity contribution in [3.8, 4) is 5.88 Å². The molecule has 0 bridgehead atoms. The van der Waals surface area contributed by atoms with E-state index in [1.165, 1.54) is 6.20 Å². The molecule has 3 nitrogen and oxygen atoms in total. The summed E-state index contributed by atoms with van der Waals surface area (Å²) in [7, 11) is 0. The molecule has 6 heteroatoms. The first-order valence-corrected chi connectivity index (χ1v) is 5.78. The monoisotopic (exact) mass is 262 g/mol. The topological polar surface area (TPSA) is 34.2 Å². The normalized spacial score (nSPS) is 15.2. The number of pyridine rings is 1. The zero-order valence-electron chi connectivity index (χ0n) is 10.6. The van der Waals surface area contributed by atoms with Gasteiger partial charge in [-0.1, -0.05) is 13.0 Å². The van der Waals surface area contributed by atoms with Gasteiger partial charge in [0.25, 0.3) is 0 Å². The highest BCUT2D eigenvalue weighted by molar-refractivity contribution is 5.28. The molecule has 0 aliphatic rings. The molecule has 2 atom stereocenters. The van der Waals surface area contributed by atoms with Crippen molar-refractivity contribution in [3.63, 3.8) is 0 Å². The van der Waals surface area contributed by atoms with Crippen LogP contribution in [0.5, 0.6) is 5.88 Å². The van der Waals surface area contributed by atoms with Crippen LogP contribution in [0.15, 0.2) is 18.3 Å². The summed E-state index contributed by atoms with van der Waals surface area (Å²) < 4.78 is 42.2. The van der Waals surface area contributed by atoms with Crippen molar-refractivity contribution >= 4 is 0 Å². The third-order valence-electron chi connectivity index (χ3n) is 2.53. The minimum Gasteiger partial charge on any atom is -0.465 e. The molecule has 2 unspecified atom stereocenters. The van der Waals surface area contributed by atoms with Crippen LogP contribution in [0.2, 0.25) is 0 Å². The minimum atomic E-state index is -4.39. The van der Waals surface area contributed by atoms with Crippen LogP contribution in [0.3, 0.4) is 0 Å². The number of rotatable bonds is 5. The number of hydrogen-bond donors (Lipinski definition) is 1. The fourth-order valence-corrected chi connectivity index (χ4v) is 1.48. The van der Waals surface area contributed by atoms with Gasteiger partial charge in [-0.3, -0.25) is 0 Å². The Morgan fingerprint density at radius 1 is 1.39 bits per heavy atom. The lowest BCUT2D eigenvalue weighted by atomic mass is 10.1. The number of alkyl halides is 3. The van der Waals surface area contributed by atoms with E-state index in [1.54, 1.807) is 12.1 Å². The first-order chi connectivity index (χ1) is 8.36. The molecule has 0 aliphatic carbocycles. The fraction of sp³-hybridized carbons (Fsp3) is 0.583. The Morgan fingerprint density at radius 2 is 2.06 bits per heavy atom. The number of ether oxygens (including phenoxy) is 1. The average molecular weight is 262 g/mol. The van der Waals surface area contributed by atoms with Crippen molar-refractivity contribution < 1.29 is 17.9 Å². The quantitative estimate of drug-likeness (QED) is 0.885. The Bertz CT molecular complexity index is 382. The largest absolute Gasteiger partial charge is 0.465 e. The van der Waals surface area contributed by atoms with Gasteiger partial charge in [0.1, 0.15) is 0 Å². The molecule has 0 spiro atoms. The first kappa shape index (κ1) is 14.8. The molecule has 1 N–H and O–H groups in total. The molecule has 1 rings (SSSR count). The SMILES string of the molecule is CCNC(C)c1cccnc1OC(C)C(F)(F)F. The molecular weight excluding hydrogens is 245 g/mol. The molecule has 0 saturated heterocycles. The first-order valence-electron chi connectivity index (χ1n) is 5.78. The molecule has 0 aliphatic heterocycles. The number of nitrogens with one attached hydrogen (secondary N) is 1. The molecule has 0 amide bonds. The van der Waals surface area contributed by atoms with Crippen LogP contribution < -0.4 is 10.1 Å². The summed E-state index contributed by atoms with van der Waals surface area (Å²) in [6.45, 7) is 5.46. The number of aromatic nitrogens is 1. The van der Waals surface area contributed by atoms with Gasteiger partial charge in [0.15, 0.2) is 6.10 Å². The molecule has 102 valence electrons. The van der Waals surface area contributed by atoms with E-state index >= 15 is 0 Å². The number of halogens is 3. The smallest absolute Gasteiger partial charge is 0.425 e. The summed E-state index contributed by atoms with van der Waals surface area (Å²) >= 11 is 0. The third kappa shape index (κ3) is 3.87. The second kappa shape index (κ2) is 6.04. The lowest BCUT2D eigenvalue weighted by Gasteiger charge is -2.21. The van der Waals surface area contributed by atoms with E-state index in [0.717, 1.165) is 6.92 Å². The van der Waals surface area contributed by atoms with Gasteiger partial charge in [-0.05, 0) is 26.5 Å². The van der Waals surface area contributed by atoms with Gasteiger partial charge in [-0.2, -0.15) is 13.2 Å². The Balaban J connectivity index is 2.89. The van der Waals surface area contributed by atoms with E-state index in [2.05, 4.69) is 10.3 Å². The lowest BCUT2D eigenvalue weighted by Crippen LogP contribution is -2.32. The van der Waals surface area contributed by atoms with E-state index < -0.39 is 12.3 Å². The van der Waals surface area contributed by atoms with Crippen molar-refractivity contribution in [2.75, 3.05) is 6.54 Å². The van der Waals surface area contributed by atoms with Gasteiger partial charge >= 0.3 is 6.18 Å². The van der Waals surface area contributed by atoms with Crippen LogP contribution in [0.1, 0.15) is 32.4 Å². The number of nitrogens with zero attached hydrogens (tertiary/aromatic N) is 1. The Labute approximate surface area is 104 Å². The number of hydrogen-bond acceptors (Lipinski definition) is 3. The van der Waals surface area contributed by atoms with Gasteiger partial charge in [0, 0.05) is 17.8 Å². The summed E-state index contributed by atoms with van der Waals surface area (Å²) in [4.78, 5) is 3.87. The van der Waals surface area contributed by atoms with Crippen molar-refractivity contribution in [1.82, 2.24) is 10.3 Å². The average Bonchev–Trinajstić information content (AvgIpc) is 2.28. The highest BCUT2D eigenvalue weighted by Crippen LogP contribution is 2.28. The highest BCUT2D eigenvalue weighted by atomic mass is 19.4. The minimum absolute atomic E-state index is 0.0239. The maximum absolute atomic E-state index is 12.4. The van der Waals surface area contributed by atoms with Gasteiger partial charge < -0.3 is 10.1 Å². The second-order valence-corrected chi connectivity index (χ2v) is 3.98. The maximum Gasteiger partial charge on any atom is 0.425 e. The maximum atomic E-state index is 12.4. The molecule has 1 aromatic rings. The zero-order valence-corrected chi connectivity index (χ0v) is 10.6. The highest BCUT2D eigenvalue weighted by Gasteiger charge is 2.38. The van der Waals surface area contributed by atoms with E-state index in [1.807, 2.05) is 13.8 Å². The van der Waals surface area contributed by atoms with Gasteiger partial charge in [-0.25, -0.2) is 4.98 Å². The van der Waals surface area contributed by atoms with Crippen LogP contribution >= 0.6 is 0 Å². The molecule has 0 radical (unpaired) electrons. The molecule has 18 heavy (non-hydrogen) atoms. The summed E-state index contributed by atoms with van der Waals surface area (Å²) in [6.07, 6.45) is -4.85. The van der Waals surface area contributed by atoms with E-state index in [0.29, 0.717) is 12.1 Å². The van der Waals surface area contributed by atoms with Gasteiger partial charge in [0.2, 0.25) is 5.88 Å². The van der Waals surface area contributed by atoms with E-state index in [-0.39, 0.29) is 11.9 Å². The van der Waals surface area contributed by atoms with Crippen LogP contribution in [0.25, 0.3) is 0 Å². The van der Waals surface area contributed by atoms with Gasteiger partial charge in [0.05, 0.1) is 0 Å². The molecule has 0 aromatic carbocycles. The predicted molar refractivity (Wildman–Crippen MR) is 62.5 cm³/mol. The van der Waals surface area contributed by atoms with Crippen molar-refractivity contribution in [2.24, 2.45) is 0 Å². The predicted octanol–water partition coefficient (Wildman–Crippen LogP) is 3.08. The summed E-state index contributed by atoms with van der Waals surface area (Å²) in [6, 6.07) is 3.27. The molecule has 0 fully saturated rings. The summed E-state index contributed by atoms with van der Waals surface area (Å²) in [5.41, 5.74) is 0.621. The lowest BCUT2D eigenvalue weighted by molar-refractivity contribution is -0.190. The van der Waals surface area contributed by atoms with Crippen LogP contribution in [0.4, 0.5) is 13.2 Å². The van der Waals surface area contributed by atoms with Crippen molar-refractivity contribution in [2.45, 2.75) is 39.1 Å². The van der Waals surface area contributed by atoms with Crippen LogP contribution in [-0.2, 0) is 0 Å². The zero-order chi connectivity index (χ0) is 13.8.